The number of carbonyl (C=O) groups is 1. The number of para-hydroxylation sites is 1. The van der Waals surface area contributed by atoms with Crippen LogP contribution in [0.4, 0.5) is 0 Å². The Bertz CT molecular complexity index is 1130. The molecular formula is C24H24N4O. The molecular weight excluding hydrogens is 360 g/mol. The number of benzene rings is 2. The van der Waals surface area contributed by atoms with Crippen LogP contribution in [-0.4, -0.2) is 32.0 Å². The van der Waals surface area contributed by atoms with Gasteiger partial charge in [0.25, 0.3) is 0 Å². The average molecular weight is 384 g/mol. The zero-order valence-electron chi connectivity index (χ0n) is 16.4. The molecule has 1 amide bonds. The van der Waals surface area contributed by atoms with Gasteiger partial charge < -0.3 is 9.88 Å². The summed E-state index contributed by atoms with van der Waals surface area (Å²) in [6, 6.07) is 18.8. The smallest absolute Gasteiger partial charge is 0.227 e. The average Bonchev–Trinajstić information content (AvgIpc) is 3.28. The third-order valence-corrected chi connectivity index (χ3v) is 5.85. The van der Waals surface area contributed by atoms with Crippen molar-refractivity contribution in [1.29, 1.82) is 0 Å². The van der Waals surface area contributed by atoms with Gasteiger partial charge in [0.05, 0.1) is 24.4 Å². The van der Waals surface area contributed by atoms with Crippen molar-refractivity contribution in [3.63, 3.8) is 0 Å². The van der Waals surface area contributed by atoms with Gasteiger partial charge in [-0.3, -0.25) is 9.89 Å². The molecule has 1 unspecified atom stereocenters. The van der Waals surface area contributed by atoms with Gasteiger partial charge in [0.2, 0.25) is 5.91 Å². The Morgan fingerprint density at radius 1 is 1.14 bits per heavy atom. The highest BCUT2D eigenvalue weighted by molar-refractivity contribution is 5.95. The van der Waals surface area contributed by atoms with Crippen LogP contribution in [-0.2, 0) is 11.2 Å². The zero-order chi connectivity index (χ0) is 19.8. The summed E-state index contributed by atoms with van der Waals surface area (Å²) in [5.41, 5.74) is 5.32. The Kier molecular flexibility index (Phi) is 4.43. The molecule has 1 saturated carbocycles. The monoisotopic (exact) mass is 384 g/mol. The third kappa shape index (κ3) is 3.33. The van der Waals surface area contributed by atoms with Crippen LogP contribution >= 0.6 is 0 Å². The molecule has 1 aliphatic carbocycles. The summed E-state index contributed by atoms with van der Waals surface area (Å²) in [6.45, 7) is 2.09. The summed E-state index contributed by atoms with van der Waals surface area (Å²) in [5, 5.41) is 8.06. The second-order valence-electron chi connectivity index (χ2n) is 7.81. The molecule has 5 nitrogen and oxygen atoms in total. The van der Waals surface area contributed by atoms with Crippen LogP contribution in [0, 0.1) is 0 Å². The van der Waals surface area contributed by atoms with Gasteiger partial charge in [0, 0.05) is 28.7 Å². The Morgan fingerprint density at radius 3 is 2.62 bits per heavy atom. The molecule has 0 radical (unpaired) electrons. The molecule has 5 rings (SSSR count). The SMILES string of the molecule is CC(c1cn[nH]c1)N(C(=O)Cc1c(-c2ccccc2)[nH]c2ccccc12)C1CC1. The van der Waals surface area contributed by atoms with Crippen LogP contribution < -0.4 is 0 Å². The number of amides is 1. The van der Waals surface area contributed by atoms with E-state index in [9.17, 15) is 4.79 Å². The summed E-state index contributed by atoms with van der Waals surface area (Å²) in [6.07, 6.45) is 6.23. The molecule has 0 saturated heterocycles. The van der Waals surface area contributed by atoms with E-state index in [4.69, 9.17) is 0 Å². The minimum absolute atomic E-state index is 0.0131. The van der Waals surface area contributed by atoms with Crippen LogP contribution in [0.2, 0.25) is 0 Å². The summed E-state index contributed by atoms with van der Waals surface area (Å²) < 4.78 is 0. The topological polar surface area (TPSA) is 64.8 Å². The minimum atomic E-state index is 0.0131. The number of rotatable bonds is 6. The molecule has 0 spiro atoms. The van der Waals surface area contributed by atoms with Crippen LogP contribution in [0.5, 0.6) is 0 Å². The van der Waals surface area contributed by atoms with E-state index in [1.807, 2.05) is 42.7 Å². The van der Waals surface area contributed by atoms with Crippen LogP contribution in [0.25, 0.3) is 22.2 Å². The lowest BCUT2D eigenvalue weighted by Crippen LogP contribution is -2.36. The first-order valence-corrected chi connectivity index (χ1v) is 10.2. The molecule has 1 fully saturated rings. The Balaban J connectivity index is 1.53. The fraction of sp³-hybridized carbons (Fsp3) is 0.250. The summed E-state index contributed by atoms with van der Waals surface area (Å²) >= 11 is 0. The fourth-order valence-electron chi connectivity index (χ4n) is 4.22. The van der Waals surface area contributed by atoms with E-state index in [0.717, 1.165) is 46.1 Å². The van der Waals surface area contributed by atoms with E-state index in [1.54, 1.807) is 0 Å². The number of H-pyrrole nitrogens is 2. The van der Waals surface area contributed by atoms with Gasteiger partial charge in [0.1, 0.15) is 0 Å². The summed E-state index contributed by atoms with van der Waals surface area (Å²) in [7, 11) is 0. The number of aromatic amines is 2. The number of fused-ring (bicyclic) bond motifs is 1. The second-order valence-corrected chi connectivity index (χ2v) is 7.81. The molecule has 146 valence electrons. The standard InChI is InChI=1S/C24H24N4O/c1-16(18-14-25-26-15-18)28(19-11-12-19)23(29)13-21-20-9-5-6-10-22(20)27-24(21)17-7-3-2-4-8-17/h2-10,14-16,19,27H,11-13H2,1H3,(H,25,26). The maximum absolute atomic E-state index is 13.5. The van der Waals surface area contributed by atoms with Crippen LogP contribution in [0.1, 0.15) is 36.9 Å². The predicted molar refractivity (Wildman–Crippen MR) is 114 cm³/mol. The lowest BCUT2D eigenvalue weighted by atomic mass is 10.0. The van der Waals surface area contributed by atoms with Crippen molar-refractivity contribution in [2.45, 2.75) is 38.3 Å². The number of nitrogens with one attached hydrogen (secondary N) is 2. The normalized spacial score (nSPS) is 14.8. The van der Waals surface area contributed by atoms with Gasteiger partial charge in [0.15, 0.2) is 0 Å². The number of aromatic nitrogens is 3. The molecule has 4 aromatic rings. The molecule has 2 aromatic heterocycles. The molecule has 2 heterocycles. The van der Waals surface area contributed by atoms with E-state index in [2.05, 4.69) is 51.3 Å². The van der Waals surface area contributed by atoms with Gasteiger partial charge in [-0.1, -0.05) is 48.5 Å². The molecule has 5 heteroatoms. The van der Waals surface area contributed by atoms with Crippen molar-refractivity contribution in [3.8, 4) is 11.3 Å². The first-order chi connectivity index (χ1) is 14.2. The minimum Gasteiger partial charge on any atom is -0.354 e. The largest absolute Gasteiger partial charge is 0.354 e. The number of hydrogen-bond acceptors (Lipinski definition) is 2. The van der Waals surface area contributed by atoms with Gasteiger partial charge in [-0.15, -0.1) is 0 Å². The van der Waals surface area contributed by atoms with Crippen molar-refractivity contribution in [1.82, 2.24) is 20.1 Å². The molecule has 2 aromatic carbocycles. The molecule has 2 N–H and O–H groups in total. The van der Waals surface area contributed by atoms with Crippen molar-refractivity contribution in [2.24, 2.45) is 0 Å². The molecule has 1 atom stereocenters. The highest BCUT2D eigenvalue weighted by Crippen LogP contribution is 2.36. The predicted octanol–water partition coefficient (Wildman–Crippen LogP) is 4.85. The van der Waals surface area contributed by atoms with Crippen LogP contribution in [0.3, 0.4) is 0 Å². The van der Waals surface area contributed by atoms with Crippen LogP contribution in [0.15, 0.2) is 67.0 Å². The number of nitrogens with zero attached hydrogens (tertiary/aromatic N) is 2. The van der Waals surface area contributed by atoms with Crippen molar-refractivity contribution >= 4 is 16.8 Å². The molecule has 0 aliphatic heterocycles. The Morgan fingerprint density at radius 2 is 1.90 bits per heavy atom. The van der Waals surface area contributed by atoms with E-state index in [0.29, 0.717) is 12.5 Å². The quantitative estimate of drug-likeness (QED) is 0.499. The van der Waals surface area contributed by atoms with E-state index < -0.39 is 0 Å². The highest BCUT2D eigenvalue weighted by atomic mass is 16.2. The maximum Gasteiger partial charge on any atom is 0.227 e. The van der Waals surface area contributed by atoms with E-state index in [1.165, 1.54) is 0 Å². The fourth-order valence-corrected chi connectivity index (χ4v) is 4.22. The van der Waals surface area contributed by atoms with Gasteiger partial charge in [-0.25, -0.2) is 0 Å². The Hall–Kier alpha value is -3.34. The first kappa shape index (κ1) is 17.7. The van der Waals surface area contributed by atoms with Gasteiger partial charge in [-0.05, 0) is 37.0 Å². The van der Waals surface area contributed by atoms with Gasteiger partial charge in [-0.2, -0.15) is 5.10 Å². The van der Waals surface area contributed by atoms with E-state index in [-0.39, 0.29) is 11.9 Å². The summed E-state index contributed by atoms with van der Waals surface area (Å²) in [4.78, 5) is 19.1. The maximum atomic E-state index is 13.5. The highest BCUT2D eigenvalue weighted by Gasteiger charge is 2.36. The number of carbonyl (C=O) groups excluding carboxylic acids is 1. The third-order valence-electron chi connectivity index (χ3n) is 5.85. The lowest BCUT2D eigenvalue weighted by molar-refractivity contribution is -0.133. The van der Waals surface area contributed by atoms with Gasteiger partial charge >= 0.3 is 0 Å². The van der Waals surface area contributed by atoms with E-state index >= 15 is 0 Å². The summed E-state index contributed by atoms with van der Waals surface area (Å²) in [5.74, 6) is 0.170. The zero-order valence-corrected chi connectivity index (χ0v) is 16.4. The lowest BCUT2D eigenvalue weighted by Gasteiger charge is -2.29. The molecule has 1 aliphatic rings. The van der Waals surface area contributed by atoms with Crippen molar-refractivity contribution in [3.05, 3.63) is 78.1 Å². The Labute approximate surface area is 169 Å². The molecule has 29 heavy (non-hydrogen) atoms. The first-order valence-electron chi connectivity index (χ1n) is 10.2. The van der Waals surface area contributed by atoms with Crippen molar-refractivity contribution in [2.75, 3.05) is 0 Å². The van der Waals surface area contributed by atoms with Crippen molar-refractivity contribution < 1.29 is 4.79 Å². The number of hydrogen-bond donors (Lipinski definition) is 2. The molecule has 0 bridgehead atoms. The second kappa shape index (κ2) is 7.24.